The number of nitrogens with two attached hydrogens (primary N) is 1. The van der Waals surface area contributed by atoms with Crippen molar-refractivity contribution in [3.63, 3.8) is 0 Å². The predicted octanol–water partition coefficient (Wildman–Crippen LogP) is 4.30. The van der Waals surface area contributed by atoms with Crippen LogP contribution in [0.5, 0.6) is 0 Å². The van der Waals surface area contributed by atoms with Gasteiger partial charge in [0.25, 0.3) is 0 Å². The van der Waals surface area contributed by atoms with Crippen LogP contribution in [-0.2, 0) is 6.18 Å². The van der Waals surface area contributed by atoms with Crippen LogP contribution >= 0.6 is 11.6 Å². The Morgan fingerprint density at radius 1 is 1.35 bits per heavy atom. The van der Waals surface area contributed by atoms with E-state index in [4.69, 9.17) is 17.3 Å². The Balaban J connectivity index is 3.25. The zero-order valence-electron chi connectivity index (χ0n) is 9.11. The molecule has 2 N–H and O–H groups in total. The summed E-state index contributed by atoms with van der Waals surface area (Å²) in [5.41, 5.74) is 4.45. The minimum Gasteiger partial charge on any atom is -0.324 e. The van der Waals surface area contributed by atoms with Gasteiger partial charge in [0.15, 0.2) is 0 Å². The van der Waals surface area contributed by atoms with Crippen molar-refractivity contribution in [3.05, 3.63) is 34.1 Å². The van der Waals surface area contributed by atoms with Gasteiger partial charge in [0.2, 0.25) is 0 Å². The van der Waals surface area contributed by atoms with E-state index in [1.165, 1.54) is 0 Å². The summed E-state index contributed by atoms with van der Waals surface area (Å²) >= 11 is 5.44. The summed E-state index contributed by atoms with van der Waals surface area (Å²) in [5.74, 6) is -0.874. The fourth-order valence-electron chi connectivity index (χ4n) is 1.51. The summed E-state index contributed by atoms with van der Waals surface area (Å²) in [6.07, 6.45) is -3.51. The zero-order valence-corrected chi connectivity index (χ0v) is 9.87. The summed E-state index contributed by atoms with van der Waals surface area (Å²) in [4.78, 5) is 0. The summed E-state index contributed by atoms with van der Waals surface area (Å²) in [6, 6.07) is 0.514. The average molecular weight is 270 g/mol. The lowest BCUT2D eigenvalue weighted by Gasteiger charge is -2.16. The molecule has 96 valence electrons. The van der Waals surface area contributed by atoms with E-state index in [1.54, 1.807) is 0 Å². The third kappa shape index (κ3) is 3.33. The molecule has 0 unspecified atom stereocenters. The highest BCUT2D eigenvalue weighted by Gasteiger charge is 2.32. The lowest BCUT2D eigenvalue weighted by atomic mass is 10.00. The van der Waals surface area contributed by atoms with Gasteiger partial charge in [-0.2, -0.15) is 13.2 Å². The van der Waals surface area contributed by atoms with Crippen molar-refractivity contribution in [1.29, 1.82) is 0 Å². The lowest BCUT2D eigenvalue weighted by molar-refractivity contribution is -0.137. The van der Waals surface area contributed by atoms with E-state index < -0.39 is 28.6 Å². The fourth-order valence-corrected chi connectivity index (χ4v) is 1.74. The van der Waals surface area contributed by atoms with Crippen LogP contribution < -0.4 is 5.73 Å². The predicted molar refractivity (Wildman–Crippen MR) is 58.2 cm³/mol. The Morgan fingerprint density at radius 3 is 2.41 bits per heavy atom. The second-order valence-electron chi connectivity index (χ2n) is 3.75. The first-order valence-electron chi connectivity index (χ1n) is 5.09. The van der Waals surface area contributed by atoms with E-state index in [9.17, 15) is 17.6 Å². The number of alkyl halides is 3. The van der Waals surface area contributed by atoms with Crippen LogP contribution in [0.2, 0.25) is 5.02 Å². The summed E-state index contributed by atoms with van der Waals surface area (Å²) < 4.78 is 51.1. The zero-order chi connectivity index (χ0) is 13.2. The molecular weight excluding hydrogens is 258 g/mol. The maximum Gasteiger partial charge on any atom is 0.416 e. The van der Waals surface area contributed by atoms with Crippen molar-refractivity contribution in [2.75, 3.05) is 0 Å². The van der Waals surface area contributed by atoms with Crippen LogP contribution in [0.4, 0.5) is 17.6 Å². The third-order valence-electron chi connectivity index (χ3n) is 2.38. The quantitative estimate of drug-likeness (QED) is 0.814. The number of hydrogen-bond donors (Lipinski definition) is 1. The van der Waals surface area contributed by atoms with Crippen molar-refractivity contribution < 1.29 is 17.6 Å². The van der Waals surface area contributed by atoms with Gasteiger partial charge in [-0.1, -0.05) is 24.9 Å². The molecule has 1 atom stereocenters. The molecule has 1 aromatic rings. The molecule has 0 amide bonds. The first-order chi connectivity index (χ1) is 7.77. The van der Waals surface area contributed by atoms with E-state index in [-0.39, 0.29) is 5.56 Å². The summed E-state index contributed by atoms with van der Waals surface area (Å²) in [7, 11) is 0. The largest absolute Gasteiger partial charge is 0.416 e. The molecule has 0 saturated heterocycles. The second-order valence-corrected chi connectivity index (χ2v) is 4.16. The Kier molecular flexibility index (Phi) is 4.38. The Morgan fingerprint density at radius 2 is 1.94 bits per heavy atom. The second kappa shape index (κ2) is 5.23. The van der Waals surface area contributed by atoms with Gasteiger partial charge in [-0.05, 0) is 18.6 Å². The Labute approximate surface area is 102 Å². The highest BCUT2D eigenvalue weighted by Crippen LogP contribution is 2.35. The average Bonchev–Trinajstić information content (AvgIpc) is 2.20. The van der Waals surface area contributed by atoms with Crippen LogP contribution in [0, 0.1) is 5.82 Å². The van der Waals surface area contributed by atoms with Gasteiger partial charge in [0.05, 0.1) is 10.6 Å². The van der Waals surface area contributed by atoms with Crippen LogP contribution in [0.25, 0.3) is 0 Å². The van der Waals surface area contributed by atoms with E-state index >= 15 is 0 Å². The van der Waals surface area contributed by atoms with Crippen molar-refractivity contribution in [2.45, 2.75) is 32.0 Å². The third-order valence-corrected chi connectivity index (χ3v) is 2.66. The van der Waals surface area contributed by atoms with Gasteiger partial charge >= 0.3 is 6.18 Å². The smallest absolute Gasteiger partial charge is 0.324 e. The van der Waals surface area contributed by atoms with Gasteiger partial charge < -0.3 is 5.73 Å². The lowest BCUT2D eigenvalue weighted by Crippen LogP contribution is -2.14. The number of halogens is 5. The SMILES string of the molecule is CCC[C@H](N)c1cc(C(F)(F)F)cc(Cl)c1F. The fraction of sp³-hybridized carbons (Fsp3) is 0.455. The standard InChI is InChI=1S/C11H12ClF4N/c1-2-3-9(17)7-4-6(11(14,15)16)5-8(12)10(7)13/h4-5,9H,2-3,17H2,1H3/t9-/m0/s1. The maximum absolute atomic E-state index is 13.6. The van der Waals surface area contributed by atoms with Gasteiger partial charge in [-0.3, -0.25) is 0 Å². The molecule has 0 heterocycles. The molecule has 6 heteroatoms. The van der Waals surface area contributed by atoms with Crippen LogP contribution in [0.15, 0.2) is 12.1 Å². The highest BCUT2D eigenvalue weighted by atomic mass is 35.5. The van der Waals surface area contributed by atoms with Gasteiger partial charge in [0.1, 0.15) is 5.82 Å². The van der Waals surface area contributed by atoms with E-state index in [1.807, 2.05) is 6.92 Å². The molecule has 1 rings (SSSR count). The van der Waals surface area contributed by atoms with Gasteiger partial charge in [-0.25, -0.2) is 4.39 Å². The molecule has 0 aliphatic heterocycles. The summed E-state index contributed by atoms with van der Waals surface area (Å²) in [6.45, 7) is 1.81. The normalized spacial score (nSPS) is 13.8. The molecule has 1 aromatic carbocycles. The highest BCUT2D eigenvalue weighted by molar-refractivity contribution is 6.30. The van der Waals surface area contributed by atoms with E-state index in [0.717, 1.165) is 6.07 Å². The number of hydrogen-bond acceptors (Lipinski definition) is 1. The van der Waals surface area contributed by atoms with Crippen molar-refractivity contribution in [1.82, 2.24) is 0 Å². The monoisotopic (exact) mass is 269 g/mol. The minimum absolute atomic E-state index is 0.188. The van der Waals surface area contributed by atoms with Gasteiger partial charge in [0, 0.05) is 11.6 Å². The van der Waals surface area contributed by atoms with Crippen LogP contribution in [-0.4, -0.2) is 0 Å². The maximum atomic E-state index is 13.6. The molecule has 0 spiro atoms. The van der Waals surface area contributed by atoms with E-state index in [2.05, 4.69) is 0 Å². The molecule has 0 radical (unpaired) electrons. The molecular formula is C11H12ClF4N. The van der Waals surface area contributed by atoms with Crippen molar-refractivity contribution >= 4 is 11.6 Å². The number of benzene rings is 1. The van der Waals surface area contributed by atoms with Gasteiger partial charge in [-0.15, -0.1) is 0 Å². The topological polar surface area (TPSA) is 26.0 Å². The molecule has 0 fully saturated rings. The molecule has 0 aromatic heterocycles. The Bertz CT molecular complexity index is 403. The van der Waals surface area contributed by atoms with Crippen LogP contribution in [0.3, 0.4) is 0 Å². The minimum atomic E-state index is -4.56. The van der Waals surface area contributed by atoms with Crippen LogP contribution in [0.1, 0.15) is 36.9 Å². The summed E-state index contributed by atoms with van der Waals surface area (Å²) in [5, 5.41) is -0.554. The molecule has 0 saturated carbocycles. The molecule has 1 nitrogen and oxygen atoms in total. The molecule has 0 aliphatic rings. The first-order valence-corrected chi connectivity index (χ1v) is 5.46. The molecule has 0 aliphatic carbocycles. The Hall–Kier alpha value is -0.810. The first kappa shape index (κ1) is 14.3. The van der Waals surface area contributed by atoms with Crippen molar-refractivity contribution in [3.8, 4) is 0 Å². The van der Waals surface area contributed by atoms with Crippen molar-refractivity contribution in [2.24, 2.45) is 5.73 Å². The molecule has 0 bridgehead atoms. The van der Waals surface area contributed by atoms with E-state index in [0.29, 0.717) is 18.9 Å². The molecule has 17 heavy (non-hydrogen) atoms. The number of rotatable bonds is 3.